The topological polar surface area (TPSA) is 143 Å². The molecular weight excluding hydrogens is 585 g/mol. The second-order valence-electron chi connectivity index (χ2n) is 9.83. The van der Waals surface area contributed by atoms with E-state index in [0.717, 1.165) is 55.7 Å². The lowest BCUT2D eigenvalue weighted by Crippen LogP contribution is -2.50. The molecular formula is C26H32N8O4S3. The molecule has 41 heavy (non-hydrogen) atoms. The van der Waals surface area contributed by atoms with Crippen LogP contribution in [0.2, 0.25) is 0 Å². The van der Waals surface area contributed by atoms with E-state index in [1.54, 1.807) is 24.6 Å². The number of anilines is 2. The Balaban J connectivity index is 1.23. The lowest BCUT2D eigenvalue weighted by molar-refractivity contribution is 0.184. The van der Waals surface area contributed by atoms with Crippen molar-refractivity contribution < 1.29 is 17.9 Å². The van der Waals surface area contributed by atoms with Crippen molar-refractivity contribution in [3.05, 3.63) is 40.9 Å². The molecule has 4 aromatic rings. The predicted molar refractivity (Wildman–Crippen MR) is 161 cm³/mol. The van der Waals surface area contributed by atoms with Crippen LogP contribution in [0.15, 0.2) is 28.7 Å². The fourth-order valence-electron chi connectivity index (χ4n) is 4.92. The molecule has 0 saturated carbocycles. The molecule has 1 aliphatic heterocycles. The van der Waals surface area contributed by atoms with Gasteiger partial charge in [0.15, 0.2) is 9.34 Å². The maximum Gasteiger partial charge on any atom is 0.413 e. The number of para-hydroxylation sites is 1. The zero-order valence-electron chi connectivity index (χ0n) is 23.5. The quantitative estimate of drug-likeness (QED) is 0.297. The summed E-state index contributed by atoms with van der Waals surface area (Å²) in [5.74, 6) is 0.765. The van der Waals surface area contributed by atoms with Gasteiger partial charge in [-0.15, -0.1) is 11.3 Å². The number of hydrogen-bond acceptors (Lipinski definition) is 12. The van der Waals surface area contributed by atoms with E-state index in [4.69, 9.17) is 0 Å². The average molecular weight is 617 g/mol. The molecule has 3 aromatic heterocycles. The first kappa shape index (κ1) is 29.3. The number of thiazole rings is 2. The maximum absolute atomic E-state index is 13.3. The minimum absolute atomic E-state index is 0.0583. The molecule has 12 nitrogen and oxygen atoms in total. The Hall–Kier alpha value is -3.24. The largest absolute Gasteiger partial charge is 0.453 e. The predicted octanol–water partition coefficient (Wildman–Crippen LogP) is 4.12. The summed E-state index contributed by atoms with van der Waals surface area (Å²) in [4.78, 5) is 32.7. The normalized spacial score (nSPS) is 15.6. The lowest BCUT2D eigenvalue weighted by atomic mass is 10.1. The van der Waals surface area contributed by atoms with Crippen LogP contribution in [0.1, 0.15) is 23.3 Å². The molecule has 218 valence electrons. The number of aryl methyl sites for hydroxylation is 3. The SMILES string of the molecule is COC(=O)Nc1nc(C)c(S(=O)(=O)N2CCN(CC(C)Nc3ncnc4c(-c5sc(C)nc5C)cccc34)CC2)s1. The minimum Gasteiger partial charge on any atom is -0.453 e. The summed E-state index contributed by atoms with van der Waals surface area (Å²) >= 11 is 2.59. The van der Waals surface area contributed by atoms with E-state index in [9.17, 15) is 13.2 Å². The Kier molecular flexibility index (Phi) is 8.52. The van der Waals surface area contributed by atoms with E-state index >= 15 is 0 Å². The number of aromatic nitrogens is 4. The van der Waals surface area contributed by atoms with Gasteiger partial charge in [0.05, 0.1) is 33.9 Å². The van der Waals surface area contributed by atoms with E-state index in [1.165, 1.54) is 11.4 Å². The van der Waals surface area contributed by atoms with Crippen LogP contribution in [0, 0.1) is 20.8 Å². The molecule has 1 unspecified atom stereocenters. The summed E-state index contributed by atoms with van der Waals surface area (Å²) in [6.45, 7) is 10.4. The number of carbonyl (C=O) groups excluding carboxylic acids is 1. The Labute approximate surface area is 246 Å². The van der Waals surface area contributed by atoms with E-state index in [1.807, 2.05) is 26.0 Å². The van der Waals surface area contributed by atoms with Crippen molar-refractivity contribution in [2.24, 2.45) is 0 Å². The molecule has 0 bridgehead atoms. The molecule has 0 spiro atoms. The smallest absolute Gasteiger partial charge is 0.413 e. The molecule has 1 aliphatic rings. The standard InChI is InChI=1S/C26H32N8O4S3/c1-15(29-23-20-8-6-7-19(21(20)27-14-28-23)22-16(2)30-18(4)39-22)13-33-9-11-34(12-10-33)41(36,37)24-17(3)31-25(40-24)32-26(35)38-5/h6-8,14-15H,9-13H2,1-5H3,(H,27,28,29)(H,31,32,35). The molecule has 1 atom stereocenters. The van der Waals surface area contributed by atoms with Crippen molar-refractivity contribution in [3.8, 4) is 10.4 Å². The van der Waals surface area contributed by atoms with Crippen molar-refractivity contribution in [1.29, 1.82) is 0 Å². The minimum atomic E-state index is -3.73. The third-order valence-electron chi connectivity index (χ3n) is 6.78. The number of amides is 1. The summed E-state index contributed by atoms with van der Waals surface area (Å²) in [6.07, 6.45) is 0.890. The second-order valence-corrected chi connectivity index (χ2v) is 14.2. The highest BCUT2D eigenvalue weighted by Crippen LogP contribution is 2.35. The number of methoxy groups -OCH3 is 1. The number of piperazine rings is 1. The number of carbonyl (C=O) groups is 1. The number of benzene rings is 1. The molecule has 0 aliphatic carbocycles. The van der Waals surface area contributed by atoms with E-state index < -0.39 is 16.1 Å². The van der Waals surface area contributed by atoms with Gasteiger partial charge in [0.2, 0.25) is 0 Å². The van der Waals surface area contributed by atoms with Gasteiger partial charge in [-0.3, -0.25) is 10.2 Å². The van der Waals surface area contributed by atoms with Crippen LogP contribution >= 0.6 is 22.7 Å². The Bertz CT molecular complexity index is 1680. The maximum atomic E-state index is 13.3. The molecule has 1 amide bonds. The average Bonchev–Trinajstić information content (AvgIpc) is 3.48. The number of rotatable bonds is 8. The lowest BCUT2D eigenvalue weighted by Gasteiger charge is -2.35. The Morgan fingerprint density at radius 2 is 1.83 bits per heavy atom. The molecule has 1 aromatic carbocycles. The van der Waals surface area contributed by atoms with Gasteiger partial charge in [0, 0.05) is 49.7 Å². The van der Waals surface area contributed by atoms with Crippen LogP contribution in [-0.4, -0.2) is 89.5 Å². The fourth-order valence-corrected chi connectivity index (χ4v) is 8.82. The van der Waals surface area contributed by atoms with E-state index in [2.05, 4.69) is 53.2 Å². The molecule has 2 N–H and O–H groups in total. The van der Waals surface area contributed by atoms with Crippen molar-refractivity contribution >= 4 is 60.6 Å². The molecule has 1 fully saturated rings. The third kappa shape index (κ3) is 6.18. The molecule has 1 saturated heterocycles. The van der Waals surface area contributed by atoms with Crippen LogP contribution in [0.5, 0.6) is 0 Å². The summed E-state index contributed by atoms with van der Waals surface area (Å²) in [6, 6.07) is 6.17. The zero-order chi connectivity index (χ0) is 29.3. The number of sulfonamides is 1. The van der Waals surface area contributed by atoms with Crippen LogP contribution in [0.4, 0.5) is 15.7 Å². The highest BCUT2D eigenvalue weighted by molar-refractivity contribution is 7.91. The summed E-state index contributed by atoms with van der Waals surface area (Å²) in [7, 11) is -2.50. The number of fused-ring (bicyclic) bond motifs is 1. The van der Waals surface area contributed by atoms with Gasteiger partial charge in [-0.25, -0.2) is 33.1 Å². The Morgan fingerprint density at radius 3 is 2.51 bits per heavy atom. The van der Waals surface area contributed by atoms with Gasteiger partial charge in [-0.1, -0.05) is 23.5 Å². The first-order valence-electron chi connectivity index (χ1n) is 13.1. The Morgan fingerprint density at radius 1 is 1.07 bits per heavy atom. The summed E-state index contributed by atoms with van der Waals surface area (Å²) in [5, 5.41) is 8.13. The highest BCUT2D eigenvalue weighted by atomic mass is 32.2. The monoisotopic (exact) mass is 616 g/mol. The van der Waals surface area contributed by atoms with Crippen LogP contribution in [-0.2, 0) is 14.8 Å². The first-order chi connectivity index (χ1) is 19.6. The van der Waals surface area contributed by atoms with Crippen molar-refractivity contribution in [2.75, 3.05) is 50.5 Å². The van der Waals surface area contributed by atoms with Gasteiger partial charge in [0.1, 0.15) is 12.1 Å². The molecule has 15 heteroatoms. The van der Waals surface area contributed by atoms with Gasteiger partial charge >= 0.3 is 6.09 Å². The van der Waals surface area contributed by atoms with E-state index in [0.29, 0.717) is 31.9 Å². The molecule has 0 radical (unpaired) electrons. The van der Waals surface area contributed by atoms with Crippen LogP contribution < -0.4 is 10.6 Å². The van der Waals surface area contributed by atoms with Crippen LogP contribution in [0.25, 0.3) is 21.3 Å². The van der Waals surface area contributed by atoms with Gasteiger partial charge in [0.25, 0.3) is 10.0 Å². The highest BCUT2D eigenvalue weighted by Gasteiger charge is 2.32. The first-order valence-corrected chi connectivity index (χ1v) is 16.1. The number of nitrogens with zero attached hydrogens (tertiary/aromatic N) is 6. The fraction of sp³-hybridized carbons (Fsp3) is 0.423. The molecule has 5 rings (SSSR count). The molecule has 4 heterocycles. The number of ether oxygens (including phenoxy) is 1. The van der Waals surface area contributed by atoms with Crippen molar-refractivity contribution in [2.45, 2.75) is 37.9 Å². The van der Waals surface area contributed by atoms with Crippen LogP contribution in [0.3, 0.4) is 0 Å². The summed E-state index contributed by atoms with van der Waals surface area (Å²) in [5.41, 5.74) is 3.27. The van der Waals surface area contributed by atoms with Gasteiger partial charge < -0.3 is 10.1 Å². The van der Waals surface area contributed by atoms with Gasteiger partial charge in [-0.05, 0) is 33.8 Å². The van der Waals surface area contributed by atoms with Crippen molar-refractivity contribution in [3.63, 3.8) is 0 Å². The van der Waals surface area contributed by atoms with Crippen molar-refractivity contribution in [1.82, 2.24) is 29.1 Å². The third-order valence-corrected chi connectivity index (χ3v) is 11.4. The number of hydrogen-bond donors (Lipinski definition) is 2. The van der Waals surface area contributed by atoms with Gasteiger partial charge in [-0.2, -0.15) is 4.31 Å². The zero-order valence-corrected chi connectivity index (χ0v) is 25.9. The van der Waals surface area contributed by atoms with E-state index in [-0.39, 0.29) is 15.4 Å². The number of nitrogens with one attached hydrogen (secondary N) is 2. The summed E-state index contributed by atoms with van der Waals surface area (Å²) < 4.78 is 32.8. The second kappa shape index (κ2) is 11.9.